The van der Waals surface area contributed by atoms with Crippen molar-refractivity contribution in [2.75, 3.05) is 28.2 Å². The maximum Gasteiger partial charge on any atom is 0.250 e. The van der Waals surface area contributed by atoms with Crippen LogP contribution in [0.4, 0.5) is 5.95 Å². The molecule has 0 spiro atoms. The molecular weight excluding hydrogens is 242 g/mol. The predicted molar refractivity (Wildman–Crippen MR) is 75.8 cm³/mol. The lowest BCUT2D eigenvalue weighted by atomic mass is 10.1. The minimum Gasteiger partial charge on any atom is -0.383 e. The standard InChI is InChI=1S/C13H19N5O/c1-10-11(12(19)6-7-17(2)3)8-14-13(16-10)15-9-18(4)5/h6-9H,1-5H3/b7-6+,15-9?. The number of aromatic nitrogens is 2. The first kappa shape index (κ1) is 14.8. The van der Waals surface area contributed by atoms with E-state index < -0.39 is 0 Å². The lowest BCUT2D eigenvalue weighted by molar-refractivity contribution is 0.104. The Morgan fingerprint density at radius 2 is 1.95 bits per heavy atom. The van der Waals surface area contributed by atoms with Crippen LogP contribution in [0.15, 0.2) is 23.5 Å². The third-order valence-corrected chi connectivity index (χ3v) is 2.16. The van der Waals surface area contributed by atoms with E-state index in [1.807, 2.05) is 28.2 Å². The Balaban J connectivity index is 2.91. The molecule has 0 aliphatic carbocycles. The zero-order valence-corrected chi connectivity index (χ0v) is 12.0. The highest BCUT2D eigenvalue weighted by Gasteiger charge is 2.08. The Morgan fingerprint density at radius 1 is 1.26 bits per heavy atom. The number of hydrogen-bond acceptors (Lipinski definition) is 5. The van der Waals surface area contributed by atoms with Gasteiger partial charge in [-0.25, -0.2) is 15.0 Å². The third kappa shape index (κ3) is 4.87. The number of rotatable bonds is 5. The van der Waals surface area contributed by atoms with E-state index in [0.717, 1.165) is 0 Å². The highest BCUT2D eigenvalue weighted by atomic mass is 16.1. The molecule has 0 fully saturated rings. The maximum absolute atomic E-state index is 11.9. The van der Waals surface area contributed by atoms with Crippen molar-refractivity contribution in [3.05, 3.63) is 29.7 Å². The number of carbonyl (C=O) groups excluding carboxylic acids is 1. The van der Waals surface area contributed by atoms with E-state index in [0.29, 0.717) is 17.2 Å². The molecule has 0 aliphatic rings. The molecular formula is C13H19N5O. The molecule has 0 aromatic carbocycles. The average molecular weight is 261 g/mol. The number of ketones is 1. The summed E-state index contributed by atoms with van der Waals surface area (Å²) < 4.78 is 0. The van der Waals surface area contributed by atoms with Gasteiger partial charge in [0, 0.05) is 46.7 Å². The summed E-state index contributed by atoms with van der Waals surface area (Å²) in [7, 11) is 7.43. The van der Waals surface area contributed by atoms with Gasteiger partial charge in [0.2, 0.25) is 0 Å². The Kier molecular flexibility index (Phi) is 5.17. The Morgan fingerprint density at radius 3 is 2.47 bits per heavy atom. The van der Waals surface area contributed by atoms with Gasteiger partial charge in [0.05, 0.1) is 17.6 Å². The molecule has 0 bridgehead atoms. The van der Waals surface area contributed by atoms with E-state index in [1.54, 1.807) is 29.3 Å². The van der Waals surface area contributed by atoms with Gasteiger partial charge in [0.1, 0.15) is 0 Å². The fraction of sp³-hybridized carbons (Fsp3) is 0.385. The highest BCUT2D eigenvalue weighted by Crippen LogP contribution is 2.10. The molecule has 0 N–H and O–H groups in total. The molecule has 1 aromatic heterocycles. The lowest BCUT2D eigenvalue weighted by Gasteiger charge is -2.05. The summed E-state index contributed by atoms with van der Waals surface area (Å²) >= 11 is 0. The molecule has 1 rings (SSSR count). The lowest BCUT2D eigenvalue weighted by Crippen LogP contribution is -2.08. The van der Waals surface area contributed by atoms with Crippen LogP contribution in [0.5, 0.6) is 0 Å². The van der Waals surface area contributed by atoms with Gasteiger partial charge in [0.25, 0.3) is 5.95 Å². The van der Waals surface area contributed by atoms with Crippen molar-refractivity contribution in [2.45, 2.75) is 6.92 Å². The summed E-state index contributed by atoms with van der Waals surface area (Å²) in [6.07, 6.45) is 6.31. The van der Waals surface area contributed by atoms with Gasteiger partial charge < -0.3 is 9.80 Å². The van der Waals surface area contributed by atoms with Gasteiger partial charge in [-0.15, -0.1) is 0 Å². The average Bonchev–Trinajstić information content (AvgIpc) is 2.33. The molecule has 19 heavy (non-hydrogen) atoms. The van der Waals surface area contributed by atoms with Crippen LogP contribution in [0.1, 0.15) is 16.1 Å². The molecule has 1 aromatic rings. The van der Waals surface area contributed by atoms with E-state index in [-0.39, 0.29) is 5.78 Å². The van der Waals surface area contributed by atoms with Crippen molar-refractivity contribution in [3.63, 3.8) is 0 Å². The van der Waals surface area contributed by atoms with E-state index in [9.17, 15) is 4.79 Å². The smallest absolute Gasteiger partial charge is 0.250 e. The van der Waals surface area contributed by atoms with Crippen molar-refractivity contribution in [3.8, 4) is 0 Å². The second-order valence-corrected chi connectivity index (χ2v) is 4.52. The van der Waals surface area contributed by atoms with Crippen LogP contribution in [0, 0.1) is 6.92 Å². The summed E-state index contributed by atoms with van der Waals surface area (Å²) in [5, 5.41) is 0. The van der Waals surface area contributed by atoms with Crippen LogP contribution in [0.3, 0.4) is 0 Å². The number of hydrogen-bond donors (Lipinski definition) is 0. The summed E-state index contributed by atoms with van der Waals surface area (Å²) in [6, 6.07) is 0. The number of carbonyl (C=O) groups is 1. The largest absolute Gasteiger partial charge is 0.383 e. The number of nitrogens with zero attached hydrogens (tertiary/aromatic N) is 5. The predicted octanol–water partition coefficient (Wildman–Crippen LogP) is 1.26. The molecule has 0 atom stereocenters. The molecule has 6 nitrogen and oxygen atoms in total. The van der Waals surface area contributed by atoms with Crippen LogP contribution in [-0.2, 0) is 0 Å². The van der Waals surface area contributed by atoms with Gasteiger partial charge in [-0.1, -0.05) is 0 Å². The Hall–Kier alpha value is -2.24. The van der Waals surface area contributed by atoms with Crippen molar-refractivity contribution in [2.24, 2.45) is 4.99 Å². The Labute approximate surface area is 113 Å². The Bertz CT molecular complexity index is 506. The molecule has 102 valence electrons. The van der Waals surface area contributed by atoms with Crippen molar-refractivity contribution >= 4 is 18.1 Å². The first-order chi connectivity index (χ1) is 8.90. The quantitative estimate of drug-likeness (QED) is 0.346. The fourth-order valence-corrected chi connectivity index (χ4v) is 1.23. The van der Waals surface area contributed by atoms with E-state index in [2.05, 4.69) is 15.0 Å². The second kappa shape index (κ2) is 6.63. The normalized spacial score (nSPS) is 11.2. The minimum atomic E-state index is -0.116. The zero-order valence-electron chi connectivity index (χ0n) is 12.0. The maximum atomic E-state index is 11.9. The molecule has 6 heteroatoms. The van der Waals surface area contributed by atoms with E-state index in [4.69, 9.17) is 0 Å². The van der Waals surface area contributed by atoms with Gasteiger partial charge in [-0.3, -0.25) is 4.79 Å². The van der Waals surface area contributed by atoms with Crippen LogP contribution >= 0.6 is 0 Å². The van der Waals surface area contributed by atoms with Gasteiger partial charge in [0.15, 0.2) is 5.78 Å². The summed E-state index contributed by atoms with van der Waals surface area (Å²) in [6.45, 7) is 1.77. The van der Waals surface area contributed by atoms with Crippen molar-refractivity contribution in [1.82, 2.24) is 19.8 Å². The zero-order chi connectivity index (χ0) is 14.4. The fourth-order valence-electron chi connectivity index (χ4n) is 1.23. The third-order valence-electron chi connectivity index (χ3n) is 2.16. The summed E-state index contributed by atoms with van der Waals surface area (Å²) in [4.78, 5) is 27.8. The number of aliphatic imine (C=N–C) groups is 1. The van der Waals surface area contributed by atoms with Crippen LogP contribution < -0.4 is 0 Å². The molecule has 0 saturated carbocycles. The van der Waals surface area contributed by atoms with Crippen molar-refractivity contribution in [1.29, 1.82) is 0 Å². The first-order valence-electron chi connectivity index (χ1n) is 5.83. The van der Waals surface area contributed by atoms with Gasteiger partial charge >= 0.3 is 0 Å². The van der Waals surface area contributed by atoms with Gasteiger partial charge in [-0.05, 0) is 6.92 Å². The highest BCUT2D eigenvalue weighted by molar-refractivity contribution is 6.05. The molecule has 0 saturated heterocycles. The molecule has 0 unspecified atom stereocenters. The van der Waals surface area contributed by atoms with Crippen molar-refractivity contribution < 1.29 is 4.79 Å². The monoisotopic (exact) mass is 261 g/mol. The van der Waals surface area contributed by atoms with Crippen LogP contribution in [0.25, 0.3) is 0 Å². The molecule has 0 amide bonds. The SMILES string of the molecule is Cc1nc(N=CN(C)C)ncc1C(=O)/C=C/N(C)C. The topological polar surface area (TPSA) is 61.7 Å². The van der Waals surface area contributed by atoms with E-state index >= 15 is 0 Å². The molecule has 0 radical (unpaired) electrons. The first-order valence-corrected chi connectivity index (χ1v) is 5.83. The number of aryl methyl sites for hydroxylation is 1. The summed E-state index contributed by atoms with van der Waals surface area (Å²) in [5.74, 6) is 0.230. The minimum absolute atomic E-state index is 0.116. The van der Waals surface area contributed by atoms with Crippen LogP contribution in [-0.4, -0.2) is 60.1 Å². The second-order valence-electron chi connectivity index (χ2n) is 4.52. The molecule has 0 aliphatic heterocycles. The van der Waals surface area contributed by atoms with E-state index in [1.165, 1.54) is 12.3 Å². The summed E-state index contributed by atoms with van der Waals surface area (Å²) in [5.41, 5.74) is 1.11. The van der Waals surface area contributed by atoms with Crippen LogP contribution in [0.2, 0.25) is 0 Å². The van der Waals surface area contributed by atoms with Gasteiger partial charge in [-0.2, -0.15) is 0 Å². The molecule has 1 heterocycles. The number of allylic oxidation sites excluding steroid dienone is 1.